The first-order chi connectivity index (χ1) is 24.1. The van der Waals surface area contributed by atoms with Crippen molar-refractivity contribution in [3.8, 4) is 5.75 Å². The first-order valence-electron chi connectivity index (χ1n) is 17.9. The predicted molar refractivity (Wildman–Crippen MR) is 197 cm³/mol. The van der Waals surface area contributed by atoms with E-state index in [-0.39, 0.29) is 23.2 Å². The number of carbonyl (C=O) groups is 2. The summed E-state index contributed by atoms with van der Waals surface area (Å²) in [5.74, 6) is 0.204. The van der Waals surface area contributed by atoms with Crippen molar-refractivity contribution < 1.29 is 23.3 Å². The Morgan fingerprint density at radius 1 is 1.20 bits per heavy atom. The minimum atomic E-state index is -3.49. The number of hydrogen-bond donors (Lipinski definition) is 1. The quantitative estimate of drug-likeness (QED) is 0.286. The number of ether oxygens (including phenoxy) is 2. The lowest BCUT2D eigenvalue weighted by atomic mass is 9.68. The highest BCUT2D eigenvalue weighted by Gasteiger charge is 2.44. The number of nitrogens with zero attached hydrogens (tertiary/aromatic N) is 3. The number of fused-ring (bicyclic) bond motifs is 4. The summed E-state index contributed by atoms with van der Waals surface area (Å²) in [6.45, 7) is 6.66. The fourth-order valence-electron chi connectivity index (χ4n) is 8.34. The van der Waals surface area contributed by atoms with Crippen LogP contribution in [-0.4, -0.2) is 59.3 Å². The van der Waals surface area contributed by atoms with Crippen molar-refractivity contribution in [1.82, 2.24) is 9.29 Å². The first-order valence-corrected chi connectivity index (χ1v) is 19.9. The minimum absolute atomic E-state index is 0.0269. The summed E-state index contributed by atoms with van der Waals surface area (Å²) < 4.78 is 36.0. The lowest BCUT2D eigenvalue weighted by molar-refractivity contribution is 0.0131. The third kappa shape index (κ3) is 6.99. The van der Waals surface area contributed by atoms with Crippen LogP contribution in [0.5, 0.6) is 5.75 Å². The Bertz CT molecular complexity index is 1930. The molecule has 3 heterocycles. The lowest BCUT2D eigenvalue weighted by Crippen LogP contribution is -2.49. The maximum absolute atomic E-state index is 14.5. The van der Waals surface area contributed by atoms with Crippen LogP contribution in [0, 0.1) is 17.8 Å². The number of allylic oxidation sites excluding steroid dienone is 1. The van der Waals surface area contributed by atoms with Crippen molar-refractivity contribution in [3.05, 3.63) is 94.3 Å². The molecule has 0 saturated heterocycles. The van der Waals surface area contributed by atoms with Crippen LogP contribution < -0.4 is 14.4 Å². The van der Waals surface area contributed by atoms with Crippen LogP contribution in [0.3, 0.4) is 0 Å². The Balaban J connectivity index is 1.30. The molecular formula is C39H47ClN4O5S. The van der Waals surface area contributed by atoms with E-state index in [0.717, 1.165) is 55.9 Å². The van der Waals surface area contributed by atoms with Gasteiger partial charge in [0.2, 0.25) is 0 Å². The zero-order valence-corrected chi connectivity index (χ0v) is 30.7. The third-order valence-electron chi connectivity index (χ3n) is 11.1. The highest BCUT2D eigenvalue weighted by Crippen LogP contribution is 2.47. The molecule has 9 nitrogen and oxygen atoms in total. The smallest absolute Gasteiger partial charge is 0.286 e. The highest BCUT2D eigenvalue weighted by molar-refractivity contribution is 7.92. The fraction of sp³-hybridized carbons (Fsp3) is 0.487. The number of benzene rings is 2. The van der Waals surface area contributed by atoms with E-state index in [9.17, 15) is 13.8 Å². The molecule has 1 saturated carbocycles. The minimum Gasteiger partial charge on any atom is -0.490 e. The first kappa shape index (κ1) is 34.8. The largest absolute Gasteiger partial charge is 0.490 e. The molecule has 4 aliphatic rings. The summed E-state index contributed by atoms with van der Waals surface area (Å²) in [7, 11) is -1.72. The molecule has 2 amide bonds. The van der Waals surface area contributed by atoms with E-state index in [2.05, 4.69) is 38.3 Å². The van der Waals surface area contributed by atoms with Gasteiger partial charge in [-0.1, -0.05) is 36.7 Å². The number of amides is 2. The SMILES string of the molecule is CCn1ccc(C(=O)NS2(=O)=NC(=O)c3ccc4c(c3)N(C[C@@H]3CC[C@H]3[C@@H](OC)/C=C\C[C@H](C)C2)C[C@@]2(CCCc3cc(Cl)ccc32)CO4)c1. The molecule has 266 valence electrons. The van der Waals surface area contributed by atoms with Crippen molar-refractivity contribution in [2.24, 2.45) is 22.1 Å². The van der Waals surface area contributed by atoms with Crippen molar-refractivity contribution in [2.75, 3.05) is 37.5 Å². The molecule has 2 bridgehead atoms. The van der Waals surface area contributed by atoms with Crippen LogP contribution in [0.2, 0.25) is 5.02 Å². The number of nitrogens with one attached hydrogen (secondary N) is 1. The zero-order valence-electron chi connectivity index (χ0n) is 29.1. The van der Waals surface area contributed by atoms with E-state index >= 15 is 0 Å². The lowest BCUT2D eigenvalue weighted by Gasteiger charge is -2.46. The monoisotopic (exact) mass is 718 g/mol. The van der Waals surface area contributed by atoms with Gasteiger partial charge < -0.3 is 18.9 Å². The van der Waals surface area contributed by atoms with Crippen molar-refractivity contribution in [1.29, 1.82) is 0 Å². The average molecular weight is 719 g/mol. The molecule has 50 heavy (non-hydrogen) atoms. The van der Waals surface area contributed by atoms with Crippen LogP contribution in [0.15, 0.2) is 71.4 Å². The molecule has 7 rings (SSSR count). The van der Waals surface area contributed by atoms with Crippen LogP contribution in [-0.2, 0) is 33.0 Å². The molecule has 2 aliphatic carbocycles. The van der Waals surface area contributed by atoms with E-state index in [4.69, 9.17) is 21.1 Å². The van der Waals surface area contributed by atoms with Crippen molar-refractivity contribution in [3.63, 3.8) is 0 Å². The van der Waals surface area contributed by atoms with Crippen LogP contribution in [0.25, 0.3) is 0 Å². The normalized spacial score (nSPS) is 30.2. The number of rotatable bonds is 4. The predicted octanol–water partition coefficient (Wildman–Crippen LogP) is 7.22. The Morgan fingerprint density at radius 2 is 2.06 bits per heavy atom. The molecule has 11 heteroatoms. The van der Waals surface area contributed by atoms with Gasteiger partial charge in [-0.3, -0.25) is 14.3 Å². The van der Waals surface area contributed by atoms with Gasteiger partial charge in [0.1, 0.15) is 15.7 Å². The number of carbonyl (C=O) groups excluding carboxylic acids is 2. The van der Waals surface area contributed by atoms with Gasteiger partial charge in [-0.25, -0.2) is 4.21 Å². The third-order valence-corrected chi connectivity index (χ3v) is 13.4. The fourth-order valence-corrected chi connectivity index (χ4v) is 10.4. The van der Waals surface area contributed by atoms with Crippen LogP contribution in [0.1, 0.15) is 77.8 Å². The molecule has 1 N–H and O–H groups in total. The zero-order chi connectivity index (χ0) is 35.0. The summed E-state index contributed by atoms with van der Waals surface area (Å²) in [6, 6.07) is 13.3. The van der Waals surface area contributed by atoms with E-state index < -0.39 is 21.7 Å². The Hall–Kier alpha value is -3.60. The maximum Gasteiger partial charge on any atom is 0.286 e. The van der Waals surface area contributed by atoms with Gasteiger partial charge >= 0.3 is 0 Å². The Morgan fingerprint density at radius 3 is 2.82 bits per heavy atom. The van der Waals surface area contributed by atoms with Crippen molar-refractivity contribution >= 4 is 39.0 Å². The molecular weight excluding hydrogens is 672 g/mol. The van der Waals surface area contributed by atoms with E-state index in [0.29, 0.717) is 48.3 Å². The summed E-state index contributed by atoms with van der Waals surface area (Å²) in [5, 5.41) is 0.744. The second kappa shape index (κ2) is 14.2. The Kier molecular flexibility index (Phi) is 9.89. The van der Waals surface area contributed by atoms with Gasteiger partial charge in [-0.15, -0.1) is 4.36 Å². The molecule has 1 unspecified atom stereocenters. The second-order valence-corrected chi connectivity index (χ2v) is 17.1. The maximum atomic E-state index is 14.5. The number of aromatic nitrogens is 1. The Labute approximate surface area is 300 Å². The second-order valence-electron chi connectivity index (χ2n) is 14.6. The van der Waals surface area contributed by atoms with Crippen LogP contribution >= 0.6 is 11.6 Å². The molecule has 2 aliphatic heterocycles. The standard InChI is InChI=1S/C39H47ClN4O5S/c1-4-43-18-16-30(21-43)38(46)42-50(47)23-26(2)7-5-9-35(48-3)32-13-10-29(32)22-44-24-39(17-6-8-27-19-31(40)12-14-33(27)39)25-49-36-15-11-28(20-34(36)44)37(45)41-50/h5,9,11-12,14-16,18-21,26,29,32,35H,4,6-8,10,13,17,22-25H2,1-3H3,(H,41,42,45,46,47)/b9-5-/t26-,29-,32+,35-,39-,50?/m0/s1. The number of halogens is 1. The van der Waals surface area contributed by atoms with Gasteiger partial charge in [0, 0.05) is 55.1 Å². The number of anilines is 1. The van der Waals surface area contributed by atoms with E-state index in [1.165, 1.54) is 11.1 Å². The van der Waals surface area contributed by atoms with Crippen molar-refractivity contribution in [2.45, 2.75) is 70.4 Å². The molecule has 1 aromatic heterocycles. The molecule has 3 aromatic rings. The van der Waals surface area contributed by atoms with Gasteiger partial charge in [-0.2, -0.15) is 0 Å². The summed E-state index contributed by atoms with van der Waals surface area (Å²) in [6.07, 6.45) is 13.4. The number of methoxy groups -OCH3 is 1. The van der Waals surface area contributed by atoms with Gasteiger partial charge in [-0.05, 0) is 111 Å². The number of hydrogen-bond acceptors (Lipinski definition) is 6. The summed E-state index contributed by atoms with van der Waals surface area (Å²) in [4.78, 5) is 29.7. The highest BCUT2D eigenvalue weighted by atomic mass is 35.5. The number of aryl methyl sites for hydroxylation is 2. The summed E-state index contributed by atoms with van der Waals surface area (Å²) in [5.41, 5.74) is 3.80. The molecule has 6 atom stereocenters. The molecule has 1 spiro atoms. The molecule has 2 aromatic carbocycles. The van der Waals surface area contributed by atoms with Gasteiger partial charge in [0.05, 0.1) is 29.7 Å². The van der Waals surface area contributed by atoms with Crippen LogP contribution in [0.4, 0.5) is 5.69 Å². The van der Waals surface area contributed by atoms with Gasteiger partial charge in [0.15, 0.2) is 0 Å². The molecule has 0 radical (unpaired) electrons. The molecule has 1 fully saturated rings. The van der Waals surface area contributed by atoms with E-state index in [1.807, 2.05) is 36.6 Å². The average Bonchev–Trinajstić information content (AvgIpc) is 3.52. The topological polar surface area (TPSA) is 102 Å². The van der Waals surface area contributed by atoms with Gasteiger partial charge in [0.25, 0.3) is 11.8 Å². The van der Waals surface area contributed by atoms with E-state index in [1.54, 1.807) is 31.6 Å². The summed E-state index contributed by atoms with van der Waals surface area (Å²) >= 11 is 6.46.